The van der Waals surface area contributed by atoms with Gasteiger partial charge in [-0.1, -0.05) is 50.3 Å². The largest absolute Gasteiger partial charge is 0.724 e. The number of carbonyl (C=O) groups excluding carboxylic acids is 1. The number of nitrogens with zero attached hydrogens (tertiary/aromatic N) is 1. The molecule has 0 amide bonds. The summed E-state index contributed by atoms with van der Waals surface area (Å²) in [6.45, 7) is 10.4. The molecule has 0 fully saturated rings. The minimum atomic E-state index is 0.500. The molecule has 0 aliphatic carbocycles. The first-order valence-corrected chi connectivity index (χ1v) is 4.80. The van der Waals surface area contributed by atoms with Gasteiger partial charge in [0.05, 0.1) is 0 Å². The van der Waals surface area contributed by atoms with Gasteiger partial charge in [-0.05, 0) is 30.0 Å². The maximum Gasteiger partial charge on any atom is -0.0159 e. The van der Waals surface area contributed by atoms with Crippen molar-refractivity contribution >= 4 is 11.7 Å². The maximum absolute atomic E-state index is 8.24. The molecular formula is C13H16NO-. The second-order valence-electron chi connectivity index (χ2n) is 3.65. The monoisotopic (exact) mass is 202 g/mol. The molecule has 2 nitrogen and oxygen atoms in total. The van der Waals surface area contributed by atoms with E-state index in [-0.39, 0.29) is 0 Å². The molecule has 0 aromatic heterocycles. The van der Waals surface area contributed by atoms with E-state index in [9.17, 15) is 0 Å². The molecule has 1 rings (SSSR count). The number of rotatable bonds is 2. The first-order chi connectivity index (χ1) is 7.02. The van der Waals surface area contributed by atoms with Gasteiger partial charge in [0.1, 0.15) is 0 Å². The minimum Gasteiger partial charge on any atom is -0.724 e. The lowest BCUT2D eigenvalue weighted by Crippen LogP contribution is -1.88. The smallest absolute Gasteiger partial charge is 0.0159 e. The highest BCUT2D eigenvalue weighted by Gasteiger charge is 1.99. The number of benzene rings is 1. The average molecular weight is 202 g/mol. The van der Waals surface area contributed by atoms with Crippen LogP contribution in [0.1, 0.15) is 37.8 Å². The number of hydrogen-bond acceptors (Lipinski definition) is 1. The summed E-state index contributed by atoms with van der Waals surface area (Å²) in [5, 5.41) is 6.76. The Morgan fingerprint density at radius 3 is 2.40 bits per heavy atom. The zero-order chi connectivity index (χ0) is 11.8. The topological polar surface area (TPSA) is 39.4 Å². The van der Waals surface area contributed by atoms with Gasteiger partial charge in [0.25, 0.3) is 0 Å². The van der Waals surface area contributed by atoms with E-state index in [0.717, 1.165) is 5.57 Å². The summed E-state index contributed by atoms with van der Waals surface area (Å²) < 4.78 is 0. The fourth-order valence-corrected chi connectivity index (χ4v) is 1.16. The van der Waals surface area contributed by atoms with Gasteiger partial charge < -0.3 is 5.41 Å². The van der Waals surface area contributed by atoms with Crippen LogP contribution in [0.25, 0.3) is 11.0 Å². The first-order valence-electron chi connectivity index (χ1n) is 4.80. The van der Waals surface area contributed by atoms with Gasteiger partial charge in [0.15, 0.2) is 0 Å². The molecule has 0 bridgehead atoms. The molecule has 1 aromatic rings. The van der Waals surface area contributed by atoms with Crippen molar-refractivity contribution in [2.45, 2.75) is 26.7 Å². The van der Waals surface area contributed by atoms with Crippen molar-refractivity contribution in [2.75, 3.05) is 0 Å². The summed E-state index contributed by atoms with van der Waals surface area (Å²) in [6.07, 6.45) is 0.500. The van der Waals surface area contributed by atoms with Crippen molar-refractivity contribution in [3.05, 3.63) is 47.4 Å². The van der Waals surface area contributed by atoms with E-state index in [1.807, 2.05) is 6.92 Å². The molecule has 1 aromatic carbocycles. The van der Waals surface area contributed by atoms with Gasteiger partial charge in [-0.3, -0.25) is 4.79 Å². The van der Waals surface area contributed by atoms with E-state index in [4.69, 9.17) is 10.2 Å². The molecule has 0 aliphatic heterocycles. The van der Waals surface area contributed by atoms with Crippen LogP contribution in [0.4, 0.5) is 0 Å². The van der Waals surface area contributed by atoms with E-state index >= 15 is 0 Å². The Morgan fingerprint density at radius 1 is 1.47 bits per heavy atom. The highest BCUT2D eigenvalue weighted by Crippen LogP contribution is 2.19. The Labute approximate surface area is 91.1 Å². The van der Waals surface area contributed by atoms with Crippen LogP contribution in [0.2, 0.25) is 0 Å². The van der Waals surface area contributed by atoms with E-state index in [1.54, 1.807) is 0 Å². The third-order valence-electron chi connectivity index (χ3n) is 2.05. The van der Waals surface area contributed by atoms with Crippen LogP contribution in [-0.4, -0.2) is 6.08 Å². The molecule has 15 heavy (non-hydrogen) atoms. The van der Waals surface area contributed by atoms with Gasteiger partial charge >= 0.3 is 0 Å². The quantitative estimate of drug-likeness (QED) is 0.532. The molecule has 0 heterocycles. The minimum absolute atomic E-state index is 0.500. The van der Waals surface area contributed by atoms with Crippen LogP contribution >= 0.6 is 0 Å². The third-order valence-corrected chi connectivity index (χ3v) is 2.05. The van der Waals surface area contributed by atoms with Crippen LogP contribution in [0.15, 0.2) is 30.8 Å². The van der Waals surface area contributed by atoms with E-state index in [0.29, 0.717) is 12.0 Å². The van der Waals surface area contributed by atoms with E-state index < -0.39 is 0 Å². The standard InChI is InChI=1S/C12H16.CNO/c1-9(2)11-6-5-7-12(8-11)10(3)4;2-1-3/h5-8,10H,1H2,2-4H3;/q;-1. The van der Waals surface area contributed by atoms with Gasteiger partial charge in [-0.15, -0.1) is 0 Å². The number of hydrogen-bond donors (Lipinski definition) is 0. The third kappa shape index (κ3) is 4.94. The molecule has 80 valence electrons. The van der Waals surface area contributed by atoms with Crippen LogP contribution in [-0.2, 0) is 4.79 Å². The lowest BCUT2D eigenvalue weighted by Gasteiger charge is -2.07. The molecule has 0 spiro atoms. The fourth-order valence-electron chi connectivity index (χ4n) is 1.16. The van der Waals surface area contributed by atoms with Gasteiger partial charge in [0.2, 0.25) is 0 Å². The molecule has 0 radical (unpaired) electrons. The van der Waals surface area contributed by atoms with Crippen molar-refractivity contribution in [3.63, 3.8) is 0 Å². The Kier molecular flexibility index (Phi) is 6.00. The summed E-state index contributed by atoms with van der Waals surface area (Å²) in [4.78, 5) is 8.24. The summed E-state index contributed by atoms with van der Waals surface area (Å²) in [5.41, 5.74) is 3.77. The second kappa shape index (κ2) is 6.74. The van der Waals surface area contributed by atoms with Crippen molar-refractivity contribution in [1.82, 2.24) is 0 Å². The highest BCUT2D eigenvalue weighted by atomic mass is 16.1. The maximum atomic E-state index is 8.24. The van der Waals surface area contributed by atoms with Crippen LogP contribution in [0, 0.1) is 0 Å². The molecule has 0 aliphatic rings. The molecule has 0 atom stereocenters. The summed E-state index contributed by atoms with van der Waals surface area (Å²) >= 11 is 0. The Hall–Kier alpha value is -1.66. The van der Waals surface area contributed by atoms with Crippen LogP contribution < -0.4 is 0 Å². The van der Waals surface area contributed by atoms with Gasteiger partial charge in [-0.2, -0.15) is 0 Å². The van der Waals surface area contributed by atoms with Gasteiger partial charge in [-0.25, -0.2) is 0 Å². The molecule has 0 saturated heterocycles. The van der Waals surface area contributed by atoms with Crippen molar-refractivity contribution < 1.29 is 4.79 Å². The molecule has 2 heteroatoms. The number of allylic oxidation sites excluding steroid dienone is 1. The van der Waals surface area contributed by atoms with E-state index in [2.05, 4.69) is 44.7 Å². The second-order valence-corrected chi connectivity index (χ2v) is 3.65. The molecule has 0 saturated carbocycles. The predicted molar refractivity (Wildman–Crippen MR) is 64.3 cm³/mol. The predicted octanol–water partition coefficient (Wildman–Crippen LogP) is 3.73. The Morgan fingerprint density at radius 2 is 2.00 bits per heavy atom. The van der Waals surface area contributed by atoms with Crippen molar-refractivity contribution in [1.29, 1.82) is 0 Å². The average Bonchev–Trinajstić information content (AvgIpc) is 2.19. The fraction of sp³-hybridized carbons (Fsp3) is 0.308. The lowest BCUT2D eigenvalue weighted by molar-refractivity contribution is 0.569. The van der Waals surface area contributed by atoms with Gasteiger partial charge in [0, 0.05) is 0 Å². The Bertz CT molecular complexity index is 361. The van der Waals surface area contributed by atoms with E-state index in [1.165, 1.54) is 11.1 Å². The Balaban J connectivity index is 0.000000583. The lowest BCUT2D eigenvalue weighted by atomic mass is 9.99. The summed E-state index contributed by atoms with van der Waals surface area (Å²) in [7, 11) is 0. The normalized spacial score (nSPS) is 8.80. The summed E-state index contributed by atoms with van der Waals surface area (Å²) in [5.74, 6) is 0.601. The summed E-state index contributed by atoms with van der Waals surface area (Å²) in [6, 6.07) is 8.58. The molecule has 0 N–H and O–H groups in total. The molecular weight excluding hydrogens is 186 g/mol. The molecule has 0 unspecified atom stereocenters. The highest BCUT2D eigenvalue weighted by molar-refractivity contribution is 5.61. The van der Waals surface area contributed by atoms with Crippen molar-refractivity contribution in [2.24, 2.45) is 0 Å². The zero-order valence-corrected chi connectivity index (χ0v) is 9.45. The number of isocyanates is 1. The van der Waals surface area contributed by atoms with Crippen LogP contribution in [0.3, 0.4) is 0 Å². The van der Waals surface area contributed by atoms with Crippen LogP contribution in [0.5, 0.6) is 0 Å². The SMILES string of the molecule is C=C(C)c1cccc(C(C)C)c1.[N-]=C=O. The first kappa shape index (κ1) is 13.3. The van der Waals surface area contributed by atoms with Crippen molar-refractivity contribution in [3.8, 4) is 0 Å². The zero-order valence-electron chi connectivity index (χ0n) is 9.45.